The molecule has 0 aliphatic carbocycles. The number of nitrogens with one attached hydrogen (secondary N) is 1. The Kier molecular flexibility index (Phi) is 6.92. The molecule has 0 unspecified atom stereocenters. The molecular formula is C22H29N3O3S. The van der Waals surface area contributed by atoms with Gasteiger partial charge < -0.3 is 10.2 Å². The number of rotatable bonds is 8. The predicted octanol–water partition coefficient (Wildman–Crippen LogP) is 3.04. The largest absolute Gasteiger partial charge is 0.352 e. The van der Waals surface area contributed by atoms with Crippen molar-refractivity contribution >= 4 is 21.6 Å². The number of likely N-dealkylation sites (tertiary alicyclic amines) is 1. The van der Waals surface area contributed by atoms with Crippen molar-refractivity contribution in [2.24, 2.45) is 0 Å². The summed E-state index contributed by atoms with van der Waals surface area (Å²) in [7, 11) is -2.11. The number of hydrogen-bond acceptors (Lipinski definition) is 4. The highest BCUT2D eigenvalue weighted by Gasteiger charge is 2.22. The Balaban J connectivity index is 1.62. The highest BCUT2D eigenvalue weighted by atomic mass is 32.2. The lowest BCUT2D eigenvalue weighted by molar-refractivity contribution is 0.0952. The van der Waals surface area contributed by atoms with E-state index in [4.69, 9.17) is 0 Å². The van der Waals surface area contributed by atoms with Gasteiger partial charge in [-0.05, 0) is 81.7 Å². The van der Waals surface area contributed by atoms with Gasteiger partial charge >= 0.3 is 0 Å². The van der Waals surface area contributed by atoms with E-state index in [2.05, 4.69) is 10.2 Å². The lowest BCUT2D eigenvalue weighted by atomic mass is 10.1. The van der Waals surface area contributed by atoms with Crippen LogP contribution in [0.25, 0.3) is 0 Å². The van der Waals surface area contributed by atoms with E-state index in [9.17, 15) is 13.2 Å². The van der Waals surface area contributed by atoms with Crippen LogP contribution in [0, 0.1) is 6.92 Å². The van der Waals surface area contributed by atoms with Crippen LogP contribution >= 0.6 is 0 Å². The van der Waals surface area contributed by atoms with Gasteiger partial charge in [-0.3, -0.25) is 9.10 Å². The summed E-state index contributed by atoms with van der Waals surface area (Å²) in [6.07, 6.45) is 3.47. The van der Waals surface area contributed by atoms with Crippen molar-refractivity contribution in [2.45, 2.75) is 31.1 Å². The highest BCUT2D eigenvalue weighted by molar-refractivity contribution is 7.92. The van der Waals surface area contributed by atoms with Crippen LogP contribution in [-0.2, 0) is 10.0 Å². The van der Waals surface area contributed by atoms with Crippen molar-refractivity contribution in [3.63, 3.8) is 0 Å². The number of amides is 1. The maximum atomic E-state index is 12.8. The van der Waals surface area contributed by atoms with Gasteiger partial charge in [0.2, 0.25) is 0 Å². The second-order valence-corrected chi connectivity index (χ2v) is 9.41. The zero-order valence-corrected chi connectivity index (χ0v) is 17.9. The fraction of sp³-hybridized carbons (Fsp3) is 0.409. The molecule has 0 bridgehead atoms. The molecule has 1 N–H and O–H groups in total. The van der Waals surface area contributed by atoms with Crippen molar-refractivity contribution in [2.75, 3.05) is 37.5 Å². The standard InChI is InChI=1S/C22H29N3O3S/c1-18-17-19(22(26)23-13-8-16-25-14-6-7-15-25)11-12-21(18)24(2)29(27,28)20-9-4-3-5-10-20/h3-5,9-12,17H,6-8,13-16H2,1-2H3,(H,23,26). The summed E-state index contributed by atoms with van der Waals surface area (Å²) in [5, 5.41) is 2.96. The molecule has 0 aromatic heterocycles. The molecule has 1 aliphatic rings. The molecule has 1 aliphatic heterocycles. The molecule has 29 heavy (non-hydrogen) atoms. The molecule has 0 saturated carbocycles. The first-order valence-corrected chi connectivity index (χ1v) is 11.5. The molecule has 0 atom stereocenters. The van der Waals surface area contributed by atoms with Gasteiger partial charge in [-0.25, -0.2) is 8.42 Å². The van der Waals surface area contributed by atoms with E-state index >= 15 is 0 Å². The second kappa shape index (κ2) is 9.41. The summed E-state index contributed by atoms with van der Waals surface area (Å²) in [6.45, 7) is 5.79. The van der Waals surface area contributed by atoms with E-state index in [1.54, 1.807) is 48.5 Å². The Hall–Kier alpha value is -2.38. The van der Waals surface area contributed by atoms with Crippen molar-refractivity contribution in [1.29, 1.82) is 0 Å². The monoisotopic (exact) mass is 415 g/mol. The number of sulfonamides is 1. The molecule has 1 amide bonds. The summed E-state index contributed by atoms with van der Waals surface area (Å²) in [5.74, 6) is -0.130. The van der Waals surface area contributed by atoms with E-state index in [1.165, 1.54) is 24.2 Å². The van der Waals surface area contributed by atoms with Crippen molar-refractivity contribution < 1.29 is 13.2 Å². The van der Waals surface area contributed by atoms with Gasteiger partial charge in [-0.15, -0.1) is 0 Å². The third kappa shape index (κ3) is 5.16. The smallest absolute Gasteiger partial charge is 0.264 e. The number of anilines is 1. The molecule has 6 nitrogen and oxygen atoms in total. The minimum absolute atomic E-state index is 0.130. The number of carbonyl (C=O) groups is 1. The second-order valence-electron chi connectivity index (χ2n) is 7.45. The Labute approximate surface area is 173 Å². The van der Waals surface area contributed by atoms with E-state index in [1.807, 2.05) is 6.92 Å². The number of hydrogen-bond donors (Lipinski definition) is 1. The topological polar surface area (TPSA) is 69.7 Å². The molecule has 3 rings (SSSR count). The first-order chi connectivity index (χ1) is 13.9. The molecule has 1 fully saturated rings. The molecule has 2 aromatic carbocycles. The lowest BCUT2D eigenvalue weighted by Gasteiger charge is -2.22. The van der Waals surface area contributed by atoms with Crippen LogP contribution < -0.4 is 9.62 Å². The number of aryl methyl sites for hydroxylation is 1. The molecule has 0 radical (unpaired) electrons. The van der Waals surface area contributed by atoms with Crippen LogP contribution in [-0.4, -0.2) is 52.5 Å². The molecule has 1 saturated heterocycles. The Morgan fingerprint density at radius 1 is 1.10 bits per heavy atom. The van der Waals surface area contributed by atoms with Gasteiger partial charge in [0.15, 0.2) is 0 Å². The first kappa shape index (κ1) is 21.3. The van der Waals surface area contributed by atoms with E-state index in [-0.39, 0.29) is 10.8 Å². The maximum Gasteiger partial charge on any atom is 0.264 e. The van der Waals surface area contributed by atoms with Crippen LogP contribution in [0.4, 0.5) is 5.69 Å². The Bertz CT molecular complexity index is 939. The SMILES string of the molecule is Cc1cc(C(=O)NCCCN2CCCC2)ccc1N(C)S(=O)(=O)c1ccccc1. The fourth-order valence-electron chi connectivity index (χ4n) is 3.64. The molecule has 7 heteroatoms. The van der Waals surface area contributed by atoms with E-state index in [0.717, 1.165) is 31.6 Å². The molecule has 2 aromatic rings. The van der Waals surface area contributed by atoms with Gasteiger partial charge in [0, 0.05) is 19.2 Å². The van der Waals surface area contributed by atoms with Crippen LogP contribution in [0.15, 0.2) is 53.4 Å². The fourth-order valence-corrected chi connectivity index (χ4v) is 4.92. The lowest BCUT2D eigenvalue weighted by Crippen LogP contribution is -2.29. The molecule has 0 spiro atoms. The number of carbonyl (C=O) groups excluding carboxylic acids is 1. The molecule has 1 heterocycles. The van der Waals surface area contributed by atoms with Gasteiger partial charge in [0.1, 0.15) is 0 Å². The van der Waals surface area contributed by atoms with Crippen molar-refractivity contribution in [3.05, 3.63) is 59.7 Å². The maximum absolute atomic E-state index is 12.8. The van der Waals surface area contributed by atoms with Crippen molar-refractivity contribution in [3.8, 4) is 0 Å². The van der Waals surface area contributed by atoms with Crippen LogP contribution in [0.3, 0.4) is 0 Å². The number of benzene rings is 2. The Morgan fingerprint density at radius 2 is 1.79 bits per heavy atom. The minimum atomic E-state index is -3.65. The molecule has 156 valence electrons. The zero-order chi connectivity index (χ0) is 20.9. The highest BCUT2D eigenvalue weighted by Crippen LogP contribution is 2.26. The summed E-state index contributed by atoms with van der Waals surface area (Å²) in [4.78, 5) is 15.1. The van der Waals surface area contributed by atoms with Gasteiger partial charge in [0.05, 0.1) is 10.6 Å². The van der Waals surface area contributed by atoms with Crippen LogP contribution in [0.5, 0.6) is 0 Å². The van der Waals surface area contributed by atoms with Crippen LogP contribution in [0.2, 0.25) is 0 Å². The molecular weight excluding hydrogens is 386 g/mol. The summed E-state index contributed by atoms with van der Waals surface area (Å²) in [5.41, 5.74) is 1.83. The normalized spacial score (nSPS) is 14.7. The van der Waals surface area contributed by atoms with Gasteiger partial charge in [0.25, 0.3) is 15.9 Å². The summed E-state index contributed by atoms with van der Waals surface area (Å²) in [6, 6.07) is 13.4. The van der Waals surface area contributed by atoms with Gasteiger partial charge in [-0.2, -0.15) is 0 Å². The summed E-state index contributed by atoms with van der Waals surface area (Å²) < 4.78 is 26.9. The van der Waals surface area contributed by atoms with Crippen LogP contribution in [0.1, 0.15) is 35.2 Å². The van der Waals surface area contributed by atoms with Gasteiger partial charge in [-0.1, -0.05) is 18.2 Å². The average Bonchev–Trinajstić information content (AvgIpc) is 3.24. The zero-order valence-electron chi connectivity index (χ0n) is 17.1. The Morgan fingerprint density at radius 3 is 2.45 bits per heavy atom. The third-order valence-corrected chi connectivity index (χ3v) is 7.12. The summed E-state index contributed by atoms with van der Waals surface area (Å²) >= 11 is 0. The van der Waals surface area contributed by atoms with E-state index in [0.29, 0.717) is 17.8 Å². The van der Waals surface area contributed by atoms with E-state index < -0.39 is 10.0 Å². The first-order valence-electron chi connectivity index (χ1n) is 10.0. The third-order valence-electron chi connectivity index (χ3n) is 5.34. The number of nitrogens with zero attached hydrogens (tertiary/aromatic N) is 2. The predicted molar refractivity (Wildman–Crippen MR) is 116 cm³/mol. The average molecular weight is 416 g/mol. The quantitative estimate of drug-likeness (QED) is 0.673. The van der Waals surface area contributed by atoms with Crippen molar-refractivity contribution in [1.82, 2.24) is 10.2 Å². The minimum Gasteiger partial charge on any atom is -0.352 e.